The van der Waals surface area contributed by atoms with Crippen molar-refractivity contribution in [3.8, 4) is 0 Å². The van der Waals surface area contributed by atoms with Crippen LogP contribution in [0.5, 0.6) is 0 Å². The van der Waals surface area contributed by atoms with Gasteiger partial charge in [0, 0.05) is 27.2 Å². The number of unbranched alkanes of at least 4 members (excludes halogenated alkanes) is 23. The summed E-state index contributed by atoms with van der Waals surface area (Å²) in [6.07, 6.45) is -56.2. The van der Waals surface area contributed by atoms with Crippen molar-refractivity contribution in [2.45, 2.75) is 497 Å². The SMILES string of the molecule is CCCCCCCCCCCCC/C=C/[C@@H](O)[C@H](CO[C@@H]1OC(CO)[C@@H](O[C@@H]2OC(CO)[C@H](O)[C@H](O[C@@H]3OC(CO)[C@@H](O[C@@H]4OC(CO)[C@H](O)[C@H](O[C@@H]5OC(CO)[C@@H](O[C@@H]6OC(CO)[C@H](O)[C@H](O[C@@H]7OC(CO)[C@@H](O[C@@H]8OC(CO)[C@H](O)[C@H](O)C8O)[C@H](O)C7NC(C)=O)C6O)[C@H](O[C@H]6OC(C)[C@@H](O)C(O)[C@@H]6O)C5NC(C)=O)C4O)[C@H](O)C3NC(C)=O)C2O)[C@H](O)C1O)NC(=O)CCCCCCCCCCCCCCC. The third kappa shape index (κ3) is 34.2. The van der Waals surface area contributed by atoms with Gasteiger partial charge in [-0.3, -0.25) is 19.2 Å². The van der Waals surface area contributed by atoms with Gasteiger partial charge in [0.05, 0.1) is 77.7 Å². The molecule has 9 rings (SSSR count). The lowest BCUT2D eigenvalue weighted by atomic mass is 9.93. The predicted molar refractivity (Wildman–Crippen MR) is 493 cm³/mol. The van der Waals surface area contributed by atoms with Gasteiger partial charge < -0.3 is 234 Å². The van der Waals surface area contributed by atoms with E-state index in [0.29, 0.717) is 12.8 Å². The highest BCUT2D eigenvalue weighted by molar-refractivity contribution is 5.76. The summed E-state index contributed by atoms with van der Waals surface area (Å²) in [5.74, 6) is -3.24. The minimum absolute atomic E-state index is 0.141. The molecule has 51 heteroatoms. The Balaban J connectivity index is 0.891. The summed E-state index contributed by atoms with van der Waals surface area (Å²) in [4.78, 5) is 53.4. The van der Waals surface area contributed by atoms with Crippen LogP contribution in [0.4, 0.5) is 0 Å². The zero-order valence-electron chi connectivity index (χ0n) is 83.2. The molecule has 0 aromatic carbocycles. The monoisotopic (exact) mass is 2100 g/mol. The maximum absolute atomic E-state index is 13.7. The standard InChI is InChI=1S/C94H166N4O47/c1-7-9-11-13-15-17-19-21-23-25-27-29-31-33-49(110)48(98-58(111)34-32-30-28-26-24-22-20-18-16-14-12-10-8-2)43-128-89-74(124)71(121)80(56(41-105)137-89)140-93-75(125)83(64(114)51(36-100)132-93)143-87-60(96-46(5)108)68(118)79(55(40-104)135-87)139-92-76(126)85(66(116)52(37-101)131-92)145-88-61(97-47(6)109)82(142-90-72(122)69(119)62(112)44(3)129-90)81(57(42-106)136-88)141-94-77(127)84(65(115)53(38-102)133-94)144-86-59(95-45(4)107)67(117)78(54(39-103)134-86)138-91-73(123)70(120)63(113)50(35-99)130-91/h31,33,44,48-57,59-94,99-106,110,112-127H,7-30,32,34-43H2,1-6H3,(H,95,107)(H,96,108)(H,97,109)(H,98,111)/b33-31+/t44?,48-,49+,50?,51?,52?,53?,54?,55?,56?,57?,59?,60?,61?,62+,63-,64-,65-,66-,67+,68+,69?,70-,71+,72-,73?,74?,75?,76?,77?,78+,79+,80+,81+,82+,83-,84-,85-,86-,87-,88-,89+,90+,91-,92-,93-,94-/m0/s1. The topological polar surface area (TPSA) is 788 Å². The number of amides is 4. The van der Waals surface area contributed by atoms with E-state index in [1.54, 1.807) is 6.08 Å². The predicted octanol–water partition coefficient (Wildman–Crippen LogP) is -8.56. The number of allylic oxidation sites excluding steroid dienone is 1. The van der Waals surface area contributed by atoms with Crippen LogP contribution in [0.2, 0.25) is 0 Å². The van der Waals surface area contributed by atoms with Crippen LogP contribution < -0.4 is 21.3 Å². The molecule has 0 spiro atoms. The lowest BCUT2D eigenvalue weighted by Gasteiger charge is -2.52. The summed E-state index contributed by atoms with van der Waals surface area (Å²) in [6, 6.07) is -6.99. The maximum atomic E-state index is 13.7. The van der Waals surface area contributed by atoms with Crippen molar-refractivity contribution in [3.05, 3.63) is 12.2 Å². The van der Waals surface area contributed by atoms with Crippen LogP contribution in [-0.2, 0) is 104 Å². The van der Waals surface area contributed by atoms with Crippen LogP contribution >= 0.6 is 0 Å². The van der Waals surface area contributed by atoms with Gasteiger partial charge in [0.15, 0.2) is 56.6 Å². The molecule has 145 heavy (non-hydrogen) atoms. The van der Waals surface area contributed by atoms with E-state index in [9.17, 15) is 147 Å². The van der Waals surface area contributed by atoms with E-state index in [-0.39, 0.29) is 12.3 Å². The molecule has 18 unspecified atom stereocenters. The Labute approximate surface area is 842 Å². The molecule has 9 fully saturated rings. The van der Waals surface area contributed by atoms with Gasteiger partial charge in [-0.15, -0.1) is 0 Å². The van der Waals surface area contributed by atoms with Gasteiger partial charge in [0.2, 0.25) is 23.6 Å². The van der Waals surface area contributed by atoms with Crippen LogP contribution in [0.1, 0.15) is 208 Å². The highest BCUT2D eigenvalue weighted by atomic mass is 16.8. The van der Waals surface area contributed by atoms with Gasteiger partial charge in [-0.2, -0.15) is 0 Å². The zero-order valence-corrected chi connectivity index (χ0v) is 83.2. The summed E-state index contributed by atoms with van der Waals surface area (Å²) >= 11 is 0. The third-order valence-electron chi connectivity index (χ3n) is 27.9. The van der Waals surface area contributed by atoms with Crippen LogP contribution in [0.25, 0.3) is 0 Å². The molecule has 51 nitrogen and oxygen atoms in total. The first-order chi connectivity index (χ1) is 69.4. The summed E-state index contributed by atoms with van der Waals surface area (Å²) in [5, 5.41) is 294. The molecule has 9 saturated heterocycles. The highest BCUT2D eigenvalue weighted by Crippen LogP contribution is 2.42. The van der Waals surface area contributed by atoms with Crippen LogP contribution in [0, 0.1) is 0 Å². The first-order valence-electron chi connectivity index (χ1n) is 51.4. The number of carbonyl (C=O) groups excluding carboxylic acids is 4. The van der Waals surface area contributed by atoms with Crippen LogP contribution in [0.3, 0.4) is 0 Å². The van der Waals surface area contributed by atoms with Crippen molar-refractivity contribution in [2.75, 3.05) is 59.5 Å². The number of hydrogen-bond acceptors (Lipinski definition) is 47. The molecule has 0 bridgehead atoms. The van der Waals surface area contributed by atoms with Crippen LogP contribution in [0.15, 0.2) is 12.2 Å². The van der Waals surface area contributed by atoms with E-state index < -0.39 is 365 Å². The summed E-state index contributed by atoms with van der Waals surface area (Å²) in [7, 11) is 0. The fourth-order valence-corrected chi connectivity index (χ4v) is 19.5. The lowest BCUT2D eigenvalue weighted by molar-refractivity contribution is -0.397. The molecule has 0 aromatic rings. The number of nitrogens with one attached hydrogen (secondary N) is 4. The maximum Gasteiger partial charge on any atom is 0.220 e. The molecule has 0 aromatic heterocycles. The van der Waals surface area contributed by atoms with Crippen molar-refractivity contribution < 1.29 is 232 Å². The molecule has 9 aliphatic heterocycles. The van der Waals surface area contributed by atoms with Gasteiger partial charge in [-0.05, 0) is 26.2 Å². The molecule has 0 radical (unpaired) electrons. The molecule has 0 aliphatic carbocycles. The van der Waals surface area contributed by atoms with E-state index >= 15 is 0 Å². The second-order valence-corrected chi connectivity index (χ2v) is 39.1. The second kappa shape index (κ2) is 62.4. The van der Waals surface area contributed by atoms with Gasteiger partial charge >= 0.3 is 0 Å². The number of rotatable bonds is 59. The Morgan fingerprint density at radius 3 is 0.945 bits per heavy atom. The Hall–Kier alpha value is -4.10. The average Bonchev–Trinajstić information content (AvgIpc) is 0.767. The molecule has 29 N–H and O–H groups in total. The number of carbonyl (C=O) groups is 4. The number of ether oxygens (including phenoxy) is 18. The largest absolute Gasteiger partial charge is 0.394 e. The third-order valence-corrected chi connectivity index (χ3v) is 27.9. The number of aliphatic hydroxyl groups is 25. The molecule has 47 atom stereocenters. The summed E-state index contributed by atoms with van der Waals surface area (Å²) in [6.45, 7) is -0.854. The molecular weight excluding hydrogens is 1940 g/mol. The first-order valence-corrected chi connectivity index (χ1v) is 51.4. The van der Waals surface area contributed by atoms with E-state index in [4.69, 9.17) is 85.3 Å². The van der Waals surface area contributed by atoms with Crippen molar-refractivity contribution in [2.24, 2.45) is 0 Å². The number of hydrogen-bond donors (Lipinski definition) is 29. The zero-order chi connectivity index (χ0) is 106. The van der Waals surface area contributed by atoms with E-state index in [0.717, 1.165) is 78.6 Å². The van der Waals surface area contributed by atoms with Gasteiger partial charge in [0.25, 0.3) is 0 Å². The van der Waals surface area contributed by atoms with Crippen LogP contribution in [-0.4, -0.2) is 499 Å². The fourth-order valence-electron chi connectivity index (χ4n) is 19.5. The number of aliphatic hydroxyl groups excluding tert-OH is 25. The first kappa shape index (κ1) is 124. The Morgan fingerprint density at radius 1 is 0.283 bits per heavy atom. The van der Waals surface area contributed by atoms with Gasteiger partial charge in [-0.25, -0.2) is 0 Å². The van der Waals surface area contributed by atoms with Gasteiger partial charge in [-0.1, -0.05) is 167 Å². The lowest BCUT2D eigenvalue weighted by Crippen LogP contribution is -2.72. The molecular formula is C94H166N4O47. The summed E-state index contributed by atoms with van der Waals surface area (Å²) < 4.78 is 109. The Morgan fingerprint density at radius 2 is 0.566 bits per heavy atom. The Kier molecular flexibility index (Phi) is 53.6. The van der Waals surface area contributed by atoms with Crippen molar-refractivity contribution >= 4 is 23.6 Å². The second-order valence-electron chi connectivity index (χ2n) is 39.1. The van der Waals surface area contributed by atoms with Gasteiger partial charge in [0.1, 0.15) is 213 Å². The van der Waals surface area contributed by atoms with E-state index in [2.05, 4.69) is 35.1 Å². The average molecular weight is 2100 g/mol. The molecule has 9 heterocycles. The van der Waals surface area contributed by atoms with Crippen molar-refractivity contribution in [1.29, 1.82) is 0 Å². The Bertz CT molecular complexity index is 3690. The highest BCUT2D eigenvalue weighted by Gasteiger charge is 2.62. The molecule has 9 aliphatic rings. The smallest absolute Gasteiger partial charge is 0.220 e. The summed E-state index contributed by atoms with van der Waals surface area (Å²) in [5.41, 5.74) is 0. The van der Waals surface area contributed by atoms with E-state index in [1.807, 2.05) is 6.08 Å². The molecule has 4 amide bonds. The normalized spacial score (nSPS) is 41.0. The van der Waals surface area contributed by atoms with Crippen molar-refractivity contribution in [3.63, 3.8) is 0 Å². The molecule has 844 valence electrons. The minimum Gasteiger partial charge on any atom is -0.394 e. The molecule has 0 saturated carbocycles. The van der Waals surface area contributed by atoms with Crippen molar-refractivity contribution in [1.82, 2.24) is 21.3 Å². The van der Waals surface area contributed by atoms with E-state index in [1.165, 1.54) is 96.8 Å². The quantitative estimate of drug-likeness (QED) is 0.0199. The fraction of sp³-hybridized carbons (Fsp3) is 0.936. The minimum atomic E-state index is -2.45.